The molecule has 4 N–H and O–H groups in total. The lowest BCUT2D eigenvalue weighted by molar-refractivity contribution is -0.137. The largest absolute Gasteiger partial charge is 0.416 e. The second-order valence-electron chi connectivity index (χ2n) is 6.23. The Balaban J connectivity index is 1.61. The third-order valence-electron chi connectivity index (χ3n) is 4.27. The van der Waals surface area contributed by atoms with Gasteiger partial charge in [-0.15, -0.1) is 0 Å². The van der Waals surface area contributed by atoms with E-state index in [1.54, 1.807) is 12.1 Å². The Kier molecular flexibility index (Phi) is 4.80. The fraction of sp³-hybridized carbons (Fsp3) is 0.412. The normalized spacial score (nSPS) is 20.2. The quantitative estimate of drug-likeness (QED) is 0.770. The van der Waals surface area contributed by atoms with Crippen LogP contribution in [0.1, 0.15) is 35.6 Å². The molecule has 1 aliphatic carbocycles. The van der Waals surface area contributed by atoms with Crippen LogP contribution in [-0.4, -0.2) is 27.7 Å². The van der Waals surface area contributed by atoms with E-state index in [1.165, 1.54) is 6.07 Å². The summed E-state index contributed by atoms with van der Waals surface area (Å²) in [5.41, 5.74) is 6.43. The molecule has 25 heavy (non-hydrogen) atoms. The minimum Gasteiger partial charge on any atom is -0.393 e. The van der Waals surface area contributed by atoms with Gasteiger partial charge in [-0.25, -0.2) is 4.98 Å². The van der Waals surface area contributed by atoms with Gasteiger partial charge in [0, 0.05) is 18.5 Å². The number of anilines is 2. The zero-order valence-corrected chi connectivity index (χ0v) is 13.4. The summed E-state index contributed by atoms with van der Waals surface area (Å²) in [6.07, 6.45) is -2.91. The highest BCUT2D eigenvalue weighted by Gasteiger charge is 2.31. The molecule has 1 aromatic heterocycles. The van der Waals surface area contributed by atoms with Gasteiger partial charge in [-0.05, 0) is 30.9 Å². The van der Waals surface area contributed by atoms with E-state index >= 15 is 0 Å². The molecule has 1 aliphatic rings. The van der Waals surface area contributed by atoms with Crippen molar-refractivity contribution in [3.05, 3.63) is 47.2 Å². The maximum atomic E-state index is 12.7. The molecule has 0 amide bonds. The highest BCUT2D eigenvalue weighted by Crippen LogP contribution is 2.36. The van der Waals surface area contributed by atoms with E-state index in [4.69, 9.17) is 5.73 Å². The Labute approximate surface area is 143 Å². The Bertz CT molecular complexity index is 745. The van der Waals surface area contributed by atoms with E-state index in [-0.39, 0.29) is 18.0 Å². The van der Waals surface area contributed by atoms with E-state index < -0.39 is 11.7 Å². The van der Waals surface area contributed by atoms with Crippen LogP contribution >= 0.6 is 0 Å². The van der Waals surface area contributed by atoms with Gasteiger partial charge < -0.3 is 16.2 Å². The van der Waals surface area contributed by atoms with Crippen LogP contribution < -0.4 is 11.1 Å². The summed E-state index contributed by atoms with van der Waals surface area (Å²) in [4.78, 5) is 8.28. The Hall–Kier alpha value is -2.35. The van der Waals surface area contributed by atoms with Crippen LogP contribution in [0.3, 0.4) is 0 Å². The third-order valence-corrected chi connectivity index (χ3v) is 4.27. The van der Waals surface area contributed by atoms with Gasteiger partial charge in [0.25, 0.3) is 0 Å². The van der Waals surface area contributed by atoms with E-state index in [0.717, 1.165) is 17.8 Å². The number of aliphatic hydroxyl groups is 1. The predicted molar refractivity (Wildman–Crippen MR) is 88.1 cm³/mol. The molecule has 0 unspecified atom stereocenters. The van der Waals surface area contributed by atoms with Crippen molar-refractivity contribution in [3.8, 4) is 0 Å². The van der Waals surface area contributed by atoms with E-state index in [1.807, 2.05) is 0 Å². The SMILES string of the molecule is Nc1nc(NCCc2cccc(C(F)(F)F)c2)cc(C2CC(O)C2)n1. The molecule has 0 spiro atoms. The van der Waals surface area contributed by atoms with E-state index in [0.29, 0.717) is 37.2 Å². The smallest absolute Gasteiger partial charge is 0.393 e. The second kappa shape index (κ2) is 6.87. The number of alkyl halides is 3. The second-order valence-corrected chi connectivity index (χ2v) is 6.23. The maximum absolute atomic E-state index is 12.7. The Morgan fingerprint density at radius 2 is 1.96 bits per heavy atom. The van der Waals surface area contributed by atoms with Crippen molar-refractivity contribution >= 4 is 11.8 Å². The van der Waals surface area contributed by atoms with Gasteiger partial charge in [0.2, 0.25) is 5.95 Å². The van der Waals surface area contributed by atoms with Crippen molar-refractivity contribution in [1.29, 1.82) is 0 Å². The number of halogens is 3. The van der Waals surface area contributed by atoms with Crippen LogP contribution in [0.2, 0.25) is 0 Å². The molecule has 1 fully saturated rings. The fourth-order valence-corrected chi connectivity index (χ4v) is 2.85. The number of rotatable bonds is 5. The molecule has 0 saturated heterocycles. The number of nitrogens with zero attached hydrogens (tertiary/aromatic N) is 2. The average molecular weight is 352 g/mol. The number of benzene rings is 1. The first kappa shape index (κ1) is 17.5. The van der Waals surface area contributed by atoms with Crippen LogP contribution in [0.25, 0.3) is 0 Å². The number of nitrogens with one attached hydrogen (secondary N) is 1. The molecule has 0 radical (unpaired) electrons. The monoisotopic (exact) mass is 352 g/mol. The minimum absolute atomic E-state index is 0.139. The van der Waals surface area contributed by atoms with Gasteiger partial charge >= 0.3 is 6.18 Å². The lowest BCUT2D eigenvalue weighted by Gasteiger charge is -2.30. The van der Waals surface area contributed by atoms with Crippen molar-refractivity contribution < 1.29 is 18.3 Å². The van der Waals surface area contributed by atoms with Gasteiger partial charge in [0.15, 0.2) is 0 Å². The Morgan fingerprint density at radius 1 is 1.20 bits per heavy atom. The molecule has 0 bridgehead atoms. The van der Waals surface area contributed by atoms with Crippen LogP contribution in [0.15, 0.2) is 30.3 Å². The third kappa shape index (κ3) is 4.39. The molecule has 134 valence electrons. The van der Waals surface area contributed by atoms with Crippen LogP contribution in [0.4, 0.5) is 24.9 Å². The topological polar surface area (TPSA) is 84.1 Å². The van der Waals surface area contributed by atoms with Crippen molar-refractivity contribution in [2.24, 2.45) is 0 Å². The molecular weight excluding hydrogens is 333 g/mol. The maximum Gasteiger partial charge on any atom is 0.416 e. The number of hydrogen-bond donors (Lipinski definition) is 3. The number of nitrogen functional groups attached to an aromatic ring is 1. The molecule has 0 aliphatic heterocycles. The van der Waals surface area contributed by atoms with Crippen LogP contribution in [0, 0.1) is 0 Å². The van der Waals surface area contributed by atoms with Crippen molar-refractivity contribution in [2.75, 3.05) is 17.6 Å². The zero-order chi connectivity index (χ0) is 18.0. The van der Waals surface area contributed by atoms with E-state index in [2.05, 4.69) is 15.3 Å². The number of nitrogens with two attached hydrogens (primary N) is 1. The van der Waals surface area contributed by atoms with Gasteiger partial charge in [-0.2, -0.15) is 18.2 Å². The summed E-state index contributed by atoms with van der Waals surface area (Å²) in [7, 11) is 0. The molecule has 5 nitrogen and oxygen atoms in total. The first-order valence-electron chi connectivity index (χ1n) is 8.04. The standard InChI is InChI=1S/C17H19F3N4O/c18-17(19,20)12-3-1-2-10(6-12)4-5-22-15-9-14(23-16(21)24-15)11-7-13(25)8-11/h1-3,6,9,11,13,25H,4-5,7-8H2,(H3,21,22,23,24). The summed E-state index contributed by atoms with van der Waals surface area (Å²) < 4.78 is 38.2. The molecule has 2 aromatic rings. The molecule has 1 saturated carbocycles. The molecule has 1 aromatic carbocycles. The van der Waals surface area contributed by atoms with Crippen molar-refractivity contribution in [2.45, 2.75) is 37.5 Å². The average Bonchev–Trinajstić information content (AvgIpc) is 2.51. The molecule has 0 atom stereocenters. The van der Waals surface area contributed by atoms with Crippen LogP contribution in [0.5, 0.6) is 0 Å². The van der Waals surface area contributed by atoms with Crippen molar-refractivity contribution in [3.63, 3.8) is 0 Å². The summed E-state index contributed by atoms with van der Waals surface area (Å²) in [6, 6.07) is 7.05. The lowest BCUT2D eigenvalue weighted by Crippen LogP contribution is -2.27. The summed E-state index contributed by atoms with van der Waals surface area (Å²) >= 11 is 0. The summed E-state index contributed by atoms with van der Waals surface area (Å²) in [6.45, 7) is 0.421. The van der Waals surface area contributed by atoms with Gasteiger partial charge in [-0.3, -0.25) is 0 Å². The summed E-state index contributed by atoms with van der Waals surface area (Å²) in [5.74, 6) is 0.848. The van der Waals surface area contributed by atoms with Crippen molar-refractivity contribution in [1.82, 2.24) is 9.97 Å². The molecular formula is C17H19F3N4O. The Morgan fingerprint density at radius 3 is 2.64 bits per heavy atom. The highest BCUT2D eigenvalue weighted by atomic mass is 19.4. The molecule has 8 heteroatoms. The first-order chi connectivity index (χ1) is 11.8. The molecule has 3 rings (SSSR count). The van der Waals surface area contributed by atoms with Gasteiger partial charge in [0.1, 0.15) is 5.82 Å². The van der Waals surface area contributed by atoms with Gasteiger partial charge in [0.05, 0.1) is 17.4 Å². The number of aromatic nitrogens is 2. The fourth-order valence-electron chi connectivity index (χ4n) is 2.85. The predicted octanol–water partition coefficient (Wildman–Crippen LogP) is 2.97. The number of aliphatic hydroxyl groups excluding tert-OH is 1. The lowest BCUT2D eigenvalue weighted by atomic mass is 9.80. The minimum atomic E-state index is -4.34. The molecule has 1 heterocycles. The first-order valence-corrected chi connectivity index (χ1v) is 8.04. The van der Waals surface area contributed by atoms with Crippen LogP contribution in [-0.2, 0) is 12.6 Å². The summed E-state index contributed by atoms with van der Waals surface area (Å²) in [5, 5.41) is 12.5. The highest BCUT2D eigenvalue weighted by molar-refractivity contribution is 5.42. The van der Waals surface area contributed by atoms with E-state index in [9.17, 15) is 18.3 Å². The number of hydrogen-bond acceptors (Lipinski definition) is 5. The zero-order valence-electron chi connectivity index (χ0n) is 13.4. The van der Waals surface area contributed by atoms with Gasteiger partial charge in [-0.1, -0.05) is 18.2 Å².